The predicted molar refractivity (Wildman–Crippen MR) is 65.6 cm³/mol. The summed E-state index contributed by atoms with van der Waals surface area (Å²) in [4.78, 5) is 0. The van der Waals surface area contributed by atoms with E-state index in [1.807, 2.05) is 12.1 Å². The Morgan fingerprint density at radius 1 is 1.47 bits per heavy atom. The Bertz CT molecular complexity index is 328. The summed E-state index contributed by atoms with van der Waals surface area (Å²) in [6, 6.07) is 6.31. The minimum Gasteiger partial charge on any atom is -0.497 e. The average molecular weight is 204 g/mol. The van der Waals surface area contributed by atoms with Crippen molar-refractivity contribution in [3.63, 3.8) is 0 Å². The highest BCUT2D eigenvalue weighted by Crippen LogP contribution is 2.28. The topological polar surface area (TPSA) is 9.23 Å². The van der Waals surface area contributed by atoms with E-state index in [0.29, 0.717) is 5.92 Å². The standard InChI is InChI=1S/C14H20O/c1-5-7-12(6-2)14-9-8-13(15-4)10-11(14)3/h5,8-10,12H,1,6-7H2,2-4H3. The molecule has 15 heavy (non-hydrogen) atoms. The second kappa shape index (κ2) is 5.59. The minimum absolute atomic E-state index is 0.591. The largest absolute Gasteiger partial charge is 0.497 e. The van der Waals surface area contributed by atoms with Gasteiger partial charge in [-0.15, -0.1) is 6.58 Å². The molecular weight excluding hydrogens is 184 g/mol. The maximum Gasteiger partial charge on any atom is 0.119 e. The molecule has 1 heteroatoms. The highest BCUT2D eigenvalue weighted by molar-refractivity contribution is 5.37. The first-order valence-electron chi connectivity index (χ1n) is 5.48. The molecule has 1 nitrogen and oxygen atoms in total. The molecule has 0 aliphatic carbocycles. The fraction of sp³-hybridized carbons (Fsp3) is 0.429. The number of benzene rings is 1. The van der Waals surface area contributed by atoms with Gasteiger partial charge in [-0.05, 0) is 48.9 Å². The zero-order valence-electron chi connectivity index (χ0n) is 9.92. The van der Waals surface area contributed by atoms with Crippen LogP contribution in [0.5, 0.6) is 5.75 Å². The van der Waals surface area contributed by atoms with Crippen molar-refractivity contribution >= 4 is 0 Å². The van der Waals surface area contributed by atoms with Gasteiger partial charge in [0.2, 0.25) is 0 Å². The maximum absolute atomic E-state index is 5.20. The minimum atomic E-state index is 0.591. The first kappa shape index (κ1) is 11.8. The molecule has 82 valence electrons. The first-order chi connectivity index (χ1) is 7.22. The average Bonchev–Trinajstić information content (AvgIpc) is 2.26. The van der Waals surface area contributed by atoms with E-state index in [1.54, 1.807) is 7.11 Å². The van der Waals surface area contributed by atoms with Crippen molar-refractivity contribution in [2.24, 2.45) is 0 Å². The summed E-state index contributed by atoms with van der Waals surface area (Å²) in [5, 5.41) is 0. The lowest BCUT2D eigenvalue weighted by atomic mass is 9.90. The van der Waals surface area contributed by atoms with Crippen LogP contribution in [0.1, 0.15) is 36.8 Å². The van der Waals surface area contributed by atoms with Crippen molar-refractivity contribution in [2.75, 3.05) is 7.11 Å². The Morgan fingerprint density at radius 3 is 2.67 bits per heavy atom. The van der Waals surface area contributed by atoms with Gasteiger partial charge in [-0.25, -0.2) is 0 Å². The molecule has 1 rings (SSSR count). The molecule has 0 aromatic heterocycles. The molecule has 0 aliphatic heterocycles. The number of methoxy groups -OCH3 is 1. The predicted octanol–water partition coefficient (Wildman–Crippen LogP) is 4.07. The van der Waals surface area contributed by atoms with Gasteiger partial charge in [0.1, 0.15) is 5.75 Å². The van der Waals surface area contributed by atoms with Crippen molar-refractivity contribution in [3.8, 4) is 5.75 Å². The van der Waals surface area contributed by atoms with E-state index >= 15 is 0 Å². The number of hydrogen-bond donors (Lipinski definition) is 0. The summed E-state index contributed by atoms with van der Waals surface area (Å²) in [6.07, 6.45) is 4.20. The fourth-order valence-electron chi connectivity index (χ4n) is 1.95. The van der Waals surface area contributed by atoms with E-state index in [9.17, 15) is 0 Å². The summed E-state index contributed by atoms with van der Waals surface area (Å²) in [7, 11) is 1.70. The van der Waals surface area contributed by atoms with Crippen molar-refractivity contribution in [1.82, 2.24) is 0 Å². The van der Waals surface area contributed by atoms with E-state index in [0.717, 1.165) is 18.6 Å². The van der Waals surface area contributed by atoms with E-state index in [2.05, 4.69) is 32.6 Å². The summed E-state index contributed by atoms with van der Waals surface area (Å²) in [5.74, 6) is 1.53. The van der Waals surface area contributed by atoms with Crippen molar-refractivity contribution in [3.05, 3.63) is 42.0 Å². The maximum atomic E-state index is 5.20. The highest BCUT2D eigenvalue weighted by Gasteiger charge is 2.10. The summed E-state index contributed by atoms with van der Waals surface area (Å²) in [5.41, 5.74) is 2.72. The zero-order chi connectivity index (χ0) is 11.3. The van der Waals surface area contributed by atoms with Crippen molar-refractivity contribution in [1.29, 1.82) is 0 Å². The molecule has 0 heterocycles. The van der Waals surface area contributed by atoms with Crippen LogP contribution >= 0.6 is 0 Å². The fourth-order valence-corrected chi connectivity index (χ4v) is 1.95. The summed E-state index contributed by atoms with van der Waals surface area (Å²) < 4.78 is 5.20. The van der Waals surface area contributed by atoms with Gasteiger partial charge in [-0.2, -0.15) is 0 Å². The molecule has 1 aromatic carbocycles. The van der Waals surface area contributed by atoms with E-state index in [1.165, 1.54) is 11.1 Å². The van der Waals surface area contributed by atoms with Gasteiger partial charge in [0.05, 0.1) is 7.11 Å². The van der Waals surface area contributed by atoms with E-state index in [-0.39, 0.29) is 0 Å². The monoisotopic (exact) mass is 204 g/mol. The Hall–Kier alpha value is -1.24. The van der Waals surface area contributed by atoms with Crippen molar-refractivity contribution < 1.29 is 4.74 Å². The third-order valence-corrected chi connectivity index (χ3v) is 2.86. The highest BCUT2D eigenvalue weighted by atomic mass is 16.5. The van der Waals surface area contributed by atoms with Crippen LogP contribution in [0.25, 0.3) is 0 Å². The summed E-state index contributed by atoms with van der Waals surface area (Å²) >= 11 is 0. The Balaban J connectivity index is 2.97. The lowest BCUT2D eigenvalue weighted by Crippen LogP contribution is -1.99. The number of allylic oxidation sites excluding steroid dienone is 1. The Morgan fingerprint density at radius 2 is 2.20 bits per heavy atom. The zero-order valence-corrected chi connectivity index (χ0v) is 9.92. The molecule has 0 bridgehead atoms. The lowest BCUT2D eigenvalue weighted by molar-refractivity contribution is 0.414. The molecular formula is C14H20O. The third kappa shape index (κ3) is 2.85. The molecule has 1 unspecified atom stereocenters. The summed E-state index contributed by atoms with van der Waals surface area (Å²) in [6.45, 7) is 8.18. The van der Waals surface area contributed by atoms with Crippen LogP contribution in [0.2, 0.25) is 0 Å². The van der Waals surface area contributed by atoms with Gasteiger partial charge < -0.3 is 4.74 Å². The first-order valence-corrected chi connectivity index (χ1v) is 5.48. The Labute approximate surface area is 92.8 Å². The molecule has 0 radical (unpaired) electrons. The number of rotatable bonds is 5. The normalized spacial score (nSPS) is 12.2. The van der Waals surface area contributed by atoms with Gasteiger partial charge >= 0.3 is 0 Å². The van der Waals surface area contributed by atoms with Crippen LogP contribution in [0.15, 0.2) is 30.9 Å². The molecule has 0 amide bonds. The second-order valence-corrected chi connectivity index (χ2v) is 3.85. The number of aryl methyl sites for hydroxylation is 1. The molecule has 0 aliphatic rings. The molecule has 0 saturated heterocycles. The SMILES string of the molecule is C=CCC(CC)c1ccc(OC)cc1C. The van der Waals surface area contributed by atoms with Gasteiger partial charge in [-0.1, -0.05) is 19.1 Å². The van der Waals surface area contributed by atoms with Crippen LogP contribution in [0, 0.1) is 6.92 Å². The Kier molecular flexibility index (Phi) is 4.41. The molecule has 0 fully saturated rings. The number of hydrogen-bond acceptors (Lipinski definition) is 1. The van der Waals surface area contributed by atoms with Crippen LogP contribution in [-0.2, 0) is 0 Å². The van der Waals surface area contributed by atoms with E-state index in [4.69, 9.17) is 4.74 Å². The van der Waals surface area contributed by atoms with E-state index < -0.39 is 0 Å². The molecule has 1 atom stereocenters. The number of ether oxygens (including phenoxy) is 1. The van der Waals surface area contributed by atoms with Crippen LogP contribution in [0.4, 0.5) is 0 Å². The molecule has 1 aromatic rings. The van der Waals surface area contributed by atoms with Gasteiger partial charge in [0, 0.05) is 0 Å². The van der Waals surface area contributed by atoms with Crippen molar-refractivity contribution in [2.45, 2.75) is 32.6 Å². The molecule has 0 saturated carbocycles. The van der Waals surface area contributed by atoms with Gasteiger partial charge in [0.25, 0.3) is 0 Å². The van der Waals surface area contributed by atoms with Crippen LogP contribution < -0.4 is 4.74 Å². The van der Waals surface area contributed by atoms with Gasteiger partial charge in [-0.3, -0.25) is 0 Å². The molecule has 0 N–H and O–H groups in total. The second-order valence-electron chi connectivity index (χ2n) is 3.85. The smallest absolute Gasteiger partial charge is 0.119 e. The van der Waals surface area contributed by atoms with Crippen LogP contribution in [-0.4, -0.2) is 7.11 Å². The molecule has 0 spiro atoms. The lowest BCUT2D eigenvalue weighted by Gasteiger charge is -2.16. The van der Waals surface area contributed by atoms with Crippen LogP contribution in [0.3, 0.4) is 0 Å². The van der Waals surface area contributed by atoms with Gasteiger partial charge in [0.15, 0.2) is 0 Å². The third-order valence-electron chi connectivity index (χ3n) is 2.86. The quantitative estimate of drug-likeness (QED) is 0.657.